The zero-order chi connectivity index (χ0) is 32.7. The molecule has 236 valence electrons. The Hall–Kier alpha value is -5.93. The van der Waals surface area contributed by atoms with Crippen LogP contribution in [0.15, 0.2) is 57.0 Å². The number of amides is 2. The number of carbonyl (C=O) groups is 4. The molecule has 15 nitrogen and oxygen atoms in total. The van der Waals surface area contributed by atoms with E-state index in [-0.39, 0.29) is 30.7 Å². The van der Waals surface area contributed by atoms with E-state index >= 15 is 0 Å². The van der Waals surface area contributed by atoms with Crippen LogP contribution < -0.4 is 27.4 Å². The number of benzene rings is 1. The second-order valence-electron chi connectivity index (χ2n) is 10.7. The third-order valence-electron chi connectivity index (χ3n) is 7.83. The number of nitrogens with one attached hydrogen (secondary N) is 3. The van der Waals surface area contributed by atoms with Gasteiger partial charge in [-0.3, -0.25) is 33.5 Å². The number of rotatable bonds is 8. The van der Waals surface area contributed by atoms with E-state index in [2.05, 4.69) is 10.6 Å². The summed E-state index contributed by atoms with van der Waals surface area (Å²) in [5.41, 5.74) is -1.75. The van der Waals surface area contributed by atoms with Gasteiger partial charge in [0, 0.05) is 16.5 Å². The number of pyridine rings is 2. The summed E-state index contributed by atoms with van der Waals surface area (Å²) < 4.78 is 26.5. The third-order valence-corrected chi connectivity index (χ3v) is 7.83. The molecular weight excluding hydrogens is 607 g/mol. The lowest BCUT2D eigenvalue weighted by atomic mass is 9.85. The van der Waals surface area contributed by atoms with Crippen LogP contribution in [0.3, 0.4) is 0 Å². The van der Waals surface area contributed by atoms with E-state index in [0.29, 0.717) is 22.2 Å². The van der Waals surface area contributed by atoms with Crippen LogP contribution in [0.4, 0.5) is 4.39 Å². The Bertz CT molecular complexity index is 2150. The van der Waals surface area contributed by atoms with Crippen molar-refractivity contribution < 1.29 is 33.0 Å². The van der Waals surface area contributed by atoms with E-state index in [4.69, 9.17) is 14.5 Å². The summed E-state index contributed by atoms with van der Waals surface area (Å²) in [6, 6.07) is 11.1. The SMILES string of the molecule is CC[C@@]1(OC(=O)CNC(=O)CNC(=O)Cn2cc(F)c(=O)[nH]c2=O)C(=O)OCc2c1cc1n(c2=O)Cc2cc3ccccc3nc2-1. The van der Waals surface area contributed by atoms with Gasteiger partial charge in [0.2, 0.25) is 23.2 Å². The normalized spacial score (nSPS) is 16.2. The van der Waals surface area contributed by atoms with Crippen LogP contribution in [0.2, 0.25) is 0 Å². The second-order valence-corrected chi connectivity index (χ2v) is 10.7. The van der Waals surface area contributed by atoms with E-state index in [0.717, 1.165) is 16.5 Å². The Morgan fingerprint density at radius 1 is 1.09 bits per heavy atom. The van der Waals surface area contributed by atoms with E-state index in [1.165, 1.54) is 4.57 Å². The summed E-state index contributed by atoms with van der Waals surface area (Å²) in [7, 11) is 0. The van der Waals surface area contributed by atoms with Gasteiger partial charge in [-0.15, -0.1) is 0 Å². The smallest absolute Gasteiger partial charge is 0.355 e. The van der Waals surface area contributed by atoms with Crippen LogP contribution in [0.1, 0.15) is 30.0 Å². The van der Waals surface area contributed by atoms with E-state index in [1.807, 2.05) is 30.3 Å². The standard InChI is InChI=1S/C30H25FN6O9/c1-2-30(46-24(40)10-33-22(38)9-32-23(39)13-36-12-19(31)26(41)35-29(36)44)18-8-21-25-16(7-15-5-3-4-6-20(15)34-25)11-37(21)27(42)17(18)14-45-28(30)43/h3-8,12H,2,9-11,13-14H2,1H3,(H,32,39)(H,33,38)(H,35,41,44)/t30-/m0/s1. The van der Waals surface area contributed by atoms with Gasteiger partial charge in [0.25, 0.3) is 11.1 Å². The molecule has 0 spiro atoms. The first-order chi connectivity index (χ1) is 22.0. The highest BCUT2D eigenvalue weighted by Gasteiger charge is 2.50. The van der Waals surface area contributed by atoms with Gasteiger partial charge in [-0.25, -0.2) is 14.6 Å². The molecule has 0 unspecified atom stereocenters. The molecule has 4 aromatic rings. The summed E-state index contributed by atoms with van der Waals surface area (Å²) in [5.74, 6) is -4.86. The lowest BCUT2D eigenvalue weighted by Gasteiger charge is -2.35. The number of para-hydroxylation sites is 1. The van der Waals surface area contributed by atoms with Crippen molar-refractivity contribution in [3.05, 3.63) is 96.3 Å². The fourth-order valence-electron chi connectivity index (χ4n) is 5.54. The van der Waals surface area contributed by atoms with Crippen LogP contribution >= 0.6 is 0 Å². The van der Waals surface area contributed by atoms with E-state index in [9.17, 15) is 38.0 Å². The Balaban J connectivity index is 1.16. The van der Waals surface area contributed by atoms with Crippen molar-refractivity contribution in [3.8, 4) is 11.4 Å². The molecule has 0 bridgehead atoms. The number of hydrogen-bond acceptors (Lipinski definition) is 10. The van der Waals surface area contributed by atoms with Gasteiger partial charge in [0.1, 0.15) is 19.7 Å². The molecule has 0 aliphatic carbocycles. The molecule has 0 fully saturated rings. The minimum atomic E-state index is -1.98. The molecule has 16 heteroatoms. The van der Waals surface area contributed by atoms with Gasteiger partial charge < -0.3 is 24.7 Å². The van der Waals surface area contributed by atoms with Crippen molar-refractivity contribution in [1.82, 2.24) is 29.7 Å². The maximum absolute atomic E-state index is 13.6. The van der Waals surface area contributed by atoms with Gasteiger partial charge in [-0.1, -0.05) is 25.1 Å². The van der Waals surface area contributed by atoms with Crippen molar-refractivity contribution in [2.45, 2.75) is 38.6 Å². The number of halogens is 1. The molecule has 3 aromatic heterocycles. The first-order valence-corrected chi connectivity index (χ1v) is 14.1. The van der Waals surface area contributed by atoms with Crippen molar-refractivity contribution in [2.24, 2.45) is 0 Å². The minimum absolute atomic E-state index is 0.0831. The lowest BCUT2D eigenvalue weighted by Crippen LogP contribution is -2.49. The van der Waals surface area contributed by atoms with Crippen LogP contribution in [-0.2, 0) is 53.9 Å². The number of ether oxygens (including phenoxy) is 2. The molecule has 0 saturated carbocycles. The van der Waals surface area contributed by atoms with Gasteiger partial charge in [-0.05, 0) is 24.6 Å². The quantitative estimate of drug-likeness (QED) is 0.188. The Morgan fingerprint density at radius 2 is 1.85 bits per heavy atom. The highest BCUT2D eigenvalue weighted by molar-refractivity contribution is 5.90. The number of aromatic amines is 1. The molecule has 3 N–H and O–H groups in total. The number of esters is 2. The number of hydrogen-bond donors (Lipinski definition) is 3. The molecular formula is C30H25FN6O9. The Morgan fingerprint density at radius 3 is 2.63 bits per heavy atom. The topological polar surface area (TPSA) is 201 Å². The molecule has 1 atom stereocenters. The van der Waals surface area contributed by atoms with Gasteiger partial charge in [0.15, 0.2) is 0 Å². The van der Waals surface area contributed by atoms with Crippen LogP contribution in [0, 0.1) is 5.82 Å². The molecule has 1 aromatic carbocycles. The Kier molecular flexibility index (Phi) is 7.55. The van der Waals surface area contributed by atoms with Crippen LogP contribution in [0.5, 0.6) is 0 Å². The minimum Gasteiger partial charge on any atom is -0.457 e. The zero-order valence-corrected chi connectivity index (χ0v) is 24.2. The second kappa shape index (κ2) is 11.5. The van der Waals surface area contributed by atoms with Crippen molar-refractivity contribution in [1.29, 1.82) is 0 Å². The highest BCUT2D eigenvalue weighted by atomic mass is 19.1. The van der Waals surface area contributed by atoms with Crippen LogP contribution in [0.25, 0.3) is 22.3 Å². The molecule has 0 saturated heterocycles. The third kappa shape index (κ3) is 5.22. The lowest BCUT2D eigenvalue weighted by molar-refractivity contribution is -0.189. The Labute approximate surface area is 257 Å². The summed E-state index contributed by atoms with van der Waals surface area (Å²) >= 11 is 0. The average molecular weight is 633 g/mol. The molecule has 5 heterocycles. The van der Waals surface area contributed by atoms with Crippen molar-refractivity contribution >= 4 is 34.7 Å². The number of cyclic esters (lactones) is 1. The molecule has 0 radical (unpaired) electrons. The maximum atomic E-state index is 13.6. The summed E-state index contributed by atoms with van der Waals surface area (Å²) in [5, 5.41) is 5.35. The summed E-state index contributed by atoms with van der Waals surface area (Å²) in [6.07, 6.45) is 0.467. The van der Waals surface area contributed by atoms with Crippen LogP contribution in [-0.4, -0.2) is 55.9 Å². The highest BCUT2D eigenvalue weighted by Crippen LogP contribution is 2.40. The van der Waals surface area contributed by atoms with E-state index < -0.39 is 71.6 Å². The maximum Gasteiger partial charge on any atom is 0.355 e. The predicted molar refractivity (Wildman–Crippen MR) is 156 cm³/mol. The van der Waals surface area contributed by atoms with Gasteiger partial charge >= 0.3 is 17.6 Å². The number of nitrogens with zero attached hydrogens (tertiary/aromatic N) is 3. The fourth-order valence-corrected chi connectivity index (χ4v) is 5.54. The predicted octanol–water partition coefficient (Wildman–Crippen LogP) is -0.448. The van der Waals surface area contributed by atoms with Gasteiger partial charge in [-0.2, -0.15) is 4.39 Å². The molecule has 2 aliphatic rings. The molecule has 2 aliphatic heterocycles. The van der Waals surface area contributed by atoms with Gasteiger partial charge in [0.05, 0.1) is 41.8 Å². The molecule has 46 heavy (non-hydrogen) atoms. The van der Waals surface area contributed by atoms with Crippen molar-refractivity contribution in [3.63, 3.8) is 0 Å². The monoisotopic (exact) mass is 632 g/mol. The zero-order valence-electron chi connectivity index (χ0n) is 24.2. The molecule has 2 amide bonds. The largest absolute Gasteiger partial charge is 0.457 e. The first kappa shape index (κ1) is 30.1. The first-order valence-electron chi connectivity index (χ1n) is 14.1. The number of fused-ring (bicyclic) bond motifs is 5. The van der Waals surface area contributed by atoms with Crippen molar-refractivity contribution in [2.75, 3.05) is 13.1 Å². The fraction of sp³-hybridized carbons (Fsp3) is 0.267. The number of H-pyrrole nitrogens is 1. The number of carbonyl (C=O) groups excluding carboxylic acids is 4. The molecule has 6 rings (SSSR count). The summed E-state index contributed by atoms with van der Waals surface area (Å²) in [4.78, 5) is 93.5. The summed E-state index contributed by atoms with van der Waals surface area (Å²) in [6.45, 7) is -0.482. The van der Waals surface area contributed by atoms with E-state index in [1.54, 1.807) is 18.0 Å². The number of aromatic nitrogens is 4. The average Bonchev–Trinajstić information content (AvgIpc) is 3.39.